The monoisotopic (exact) mass is 345 g/mol. The first-order valence-corrected chi connectivity index (χ1v) is 7.47. The van der Waals surface area contributed by atoms with Gasteiger partial charge in [-0.3, -0.25) is 4.79 Å². The summed E-state index contributed by atoms with van der Waals surface area (Å²) in [5.74, 6) is -0.626. The number of H-pyrrole nitrogens is 1. The highest BCUT2D eigenvalue weighted by atomic mass is 35.5. The first kappa shape index (κ1) is 16.0. The number of pyridine rings is 1. The van der Waals surface area contributed by atoms with Crippen molar-refractivity contribution in [1.29, 1.82) is 0 Å². The van der Waals surface area contributed by atoms with Crippen LogP contribution in [0.15, 0.2) is 47.3 Å². The Morgan fingerprint density at radius 2 is 1.92 bits per heavy atom. The molecular formula is C17H13ClFN3O2. The molecule has 0 bridgehead atoms. The van der Waals surface area contributed by atoms with Crippen LogP contribution in [0.1, 0.15) is 5.56 Å². The third-order valence-corrected chi connectivity index (χ3v) is 3.72. The number of fused-ring (bicyclic) bond motifs is 1. The molecule has 1 aromatic heterocycles. The van der Waals surface area contributed by atoms with E-state index in [1.807, 2.05) is 6.92 Å². The summed E-state index contributed by atoms with van der Waals surface area (Å²) in [6, 6.07) is 10.1. The smallest absolute Gasteiger partial charge is 0.319 e. The number of hydrogen-bond acceptors (Lipinski definition) is 2. The summed E-state index contributed by atoms with van der Waals surface area (Å²) in [6.45, 7) is 1.83. The Balaban J connectivity index is 1.84. The molecule has 0 spiro atoms. The molecule has 5 nitrogen and oxygen atoms in total. The van der Waals surface area contributed by atoms with E-state index >= 15 is 0 Å². The topological polar surface area (TPSA) is 74.0 Å². The van der Waals surface area contributed by atoms with Gasteiger partial charge in [0.1, 0.15) is 5.82 Å². The number of nitrogens with one attached hydrogen (secondary N) is 3. The van der Waals surface area contributed by atoms with Crippen molar-refractivity contribution in [2.45, 2.75) is 6.92 Å². The number of benzene rings is 2. The maximum Gasteiger partial charge on any atom is 0.323 e. The van der Waals surface area contributed by atoms with E-state index in [0.717, 1.165) is 11.6 Å². The predicted octanol–water partition coefficient (Wildman–Crippen LogP) is 4.27. The fourth-order valence-electron chi connectivity index (χ4n) is 2.31. The zero-order valence-corrected chi connectivity index (χ0v) is 13.4. The first-order valence-electron chi connectivity index (χ1n) is 7.09. The summed E-state index contributed by atoms with van der Waals surface area (Å²) in [6.07, 6.45) is 0. The van der Waals surface area contributed by atoms with Gasteiger partial charge in [0.05, 0.1) is 5.52 Å². The minimum atomic E-state index is -0.626. The van der Waals surface area contributed by atoms with E-state index in [-0.39, 0.29) is 11.2 Å². The first-order chi connectivity index (χ1) is 11.4. The van der Waals surface area contributed by atoms with Crippen molar-refractivity contribution in [2.24, 2.45) is 0 Å². The van der Waals surface area contributed by atoms with E-state index in [2.05, 4.69) is 15.6 Å². The fourth-order valence-corrected chi connectivity index (χ4v) is 2.48. The van der Waals surface area contributed by atoms with Crippen LogP contribution >= 0.6 is 11.6 Å². The third-order valence-electron chi connectivity index (χ3n) is 3.49. The highest BCUT2D eigenvalue weighted by molar-refractivity contribution is 6.31. The lowest BCUT2D eigenvalue weighted by molar-refractivity contribution is 0.262. The quantitative estimate of drug-likeness (QED) is 0.648. The van der Waals surface area contributed by atoms with Crippen molar-refractivity contribution in [2.75, 3.05) is 10.6 Å². The van der Waals surface area contributed by atoms with Gasteiger partial charge in [-0.2, -0.15) is 0 Å². The van der Waals surface area contributed by atoms with Gasteiger partial charge in [-0.25, -0.2) is 9.18 Å². The number of rotatable bonds is 2. The van der Waals surface area contributed by atoms with Crippen LogP contribution in [-0.2, 0) is 0 Å². The molecule has 0 atom stereocenters. The summed E-state index contributed by atoms with van der Waals surface area (Å²) in [4.78, 5) is 25.8. The number of aromatic amines is 1. The number of carbonyl (C=O) groups is 1. The Kier molecular flexibility index (Phi) is 4.22. The number of urea groups is 1. The lowest BCUT2D eigenvalue weighted by Crippen LogP contribution is -2.20. The molecule has 0 saturated carbocycles. The second-order valence-electron chi connectivity index (χ2n) is 5.28. The number of halogens is 2. The molecule has 0 saturated heterocycles. The summed E-state index contributed by atoms with van der Waals surface area (Å²) < 4.78 is 14.1. The Morgan fingerprint density at radius 3 is 2.71 bits per heavy atom. The molecule has 122 valence electrons. The largest absolute Gasteiger partial charge is 0.323 e. The molecule has 1 heterocycles. The van der Waals surface area contributed by atoms with Crippen LogP contribution in [0.2, 0.25) is 5.02 Å². The summed E-state index contributed by atoms with van der Waals surface area (Å²) >= 11 is 5.91. The summed E-state index contributed by atoms with van der Waals surface area (Å²) in [5.41, 5.74) is 1.38. The number of hydrogen-bond donors (Lipinski definition) is 3. The van der Waals surface area contributed by atoms with Gasteiger partial charge in [-0.1, -0.05) is 17.7 Å². The molecule has 0 radical (unpaired) electrons. The van der Waals surface area contributed by atoms with E-state index in [1.165, 1.54) is 12.1 Å². The molecule has 3 aromatic rings. The second kappa shape index (κ2) is 6.33. The Bertz CT molecular complexity index is 1000. The number of aromatic nitrogens is 1. The van der Waals surface area contributed by atoms with Gasteiger partial charge in [0.15, 0.2) is 0 Å². The molecule has 0 aliphatic heterocycles. The fraction of sp³-hybridized carbons (Fsp3) is 0.0588. The molecule has 2 amide bonds. The summed E-state index contributed by atoms with van der Waals surface area (Å²) in [5, 5.41) is 6.19. The molecule has 0 aliphatic rings. The number of amides is 2. The van der Waals surface area contributed by atoms with Crippen molar-refractivity contribution >= 4 is 39.9 Å². The van der Waals surface area contributed by atoms with Crippen LogP contribution in [0.5, 0.6) is 0 Å². The van der Waals surface area contributed by atoms with Gasteiger partial charge < -0.3 is 15.6 Å². The van der Waals surface area contributed by atoms with Crippen molar-refractivity contribution in [1.82, 2.24) is 4.98 Å². The Morgan fingerprint density at radius 1 is 1.12 bits per heavy atom. The lowest BCUT2D eigenvalue weighted by atomic mass is 10.2. The zero-order valence-electron chi connectivity index (χ0n) is 12.6. The van der Waals surface area contributed by atoms with Gasteiger partial charge in [-0.15, -0.1) is 0 Å². The molecule has 3 N–H and O–H groups in total. The van der Waals surface area contributed by atoms with Gasteiger partial charge in [0, 0.05) is 27.8 Å². The highest BCUT2D eigenvalue weighted by Crippen LogP contribution is 2.22. The Hall–Kier alpha value is -2.86. The second-order valence-corrected chi connectivity index (χ2v) is 5.72. The zero-order chi connectivity index (χ0) is 17.3. The molecule has 0 unspecified atom stereocenters. The minimum Gasteiger partial charge on any atom is -0.319 e. The van der Waals surface area contributed by atoms with Crippen LogP contribution in [0.4, 0.5) is 20.6 Å². The number of anilines is 2. The normalized spacial score (nSPS) is 10.6. The van der Waals surface area contributed by atoms with Gasteiger partial charge in [0.25, 0.3) is 0 Å². The Labute approximate surface area is 141 Å². The van der Waals surface area contributed by atoms with Gasteiger partial charge in [0.2, 0.25) is 5.56 Å². The molecule has 0 fully saturated rings. The average Bonchev–Trinajstić information content (AvgIpc) is 2.52. The average molecular weight is 346 g/mol. The maximum absolute atomic E-state index is 14.1. The molecular weight excluding hydrogens is 333 g/mol. The minimum absolute atomic E-state index is 0.0964. The highest BCUT2D eigenvalue weighted by Gasteiger charge is 2.09. The lowest BCUT2D eigenvalue weighted by Gasteiger charge is -2.11. The van der Waals surface area contributed by atoms with E-state index < -0.39 is 17.4 Å². The van der Waals surface area contributed by atoms with Crippen molar-refractivity contribution in [3.63, 3.8) is 0 Å². The van der Waals surface area contributed by atoms with Crippen molar-refractivity contribution < 1.29 is 9.18 Å². The van der Waals surface area contributed by atoms with E-state index in [9.17, 15) is 14.0 Å². The number of aryl methyl sites for hydroxylation is 1. The van der Waals surface area contributed by atoms with Gasteiger partial charge in [-0.05, 0) is 42.8 Å². The molecule has 2 aromatic carbocycles. The van der Waals surface area contributed by atoms with Crippen molar-refractivity contribution in [3.05, 3.63) is 69.2 Å². The van der Waals surface area contributed by atoms with E-state index in [0.29, 0.717) is 16.1 Å². The molecule has 7 heteroatoms. The molecule has 24 heavy (non-hydrogen) atoms. The number of carbonyl (C=O) groups excluding carboxylic acids is 1. The van der Waals surface area contributed by atoms with Crippen LogP contribution in [0.3, 0.4) is 0 Å². The summed E-state index contributed by atoms with van der Waals surface area (Å²) in [7, 11) is 0. The maximum atomic E-state index is 14.1. The van der Waals surface area contributed by atoms with Crippen molar-refractivity contribution in [3.8, 4) is 0 Å². The standard InChI is InChI=1S/C17H13ClFN3O2/c1-9-2-4-11(18)7-14(9)21-17(24)20-12-6-10-3-5-15(23)22-16(10)13(19)8-12/h2-8H,1H3,(H,22,23)(H2,20,21,24). The third kappa shape index (κ3) is 3.38. The predicted molar refractivity (Wildman–Crippen MR) is 93.4 cm³/mol. The van der Waals surface area contributed by atoms with Gasteiger partial charge >= 0.3 is 6.03 Å². The molecule has 3 rings (SSSR count). The van der Waals surface area contributed by atoms with Crippen LogP contribution in [0, 0.1) is 12.7 Å². The van der Waals surface area contributed by atoms with Crippen LogP contribution in [0.25, 0.3) is 10.9 Å². The van der Waals surface area contributed by atoms with Crippen LogP contribution < -0.4 is 16.2 Å². The SMILES string of the molecule is Cc1ccc(Cl)cc1NC(=O)Nc1cc(F)c2[nH]c(=O)ccc2c1. The van der Waals surface area contributed by atoms with E-state index in [4.69, 9.17) is 11.6 Å². The van der Waals surface area contributed by atoms with Crippen LogP contribution in [-0.4, -0.2) is 11.0 Å². The molecule has 0 aliphatic carbocycles. The van der Waals surface area contributed by atoms with E-state index in [1.54, 1.807) is 24.3 Å².